The Morgan fingerprint density at radius 1 is 1.19 bits per heavy atom. The Morgan fingerprint density at radius 2 is 1.89 bits per heavy atom. The van der Waals surface area contributed by atoms with Crippen molar-refractivity contribution in [3.63, 3.8) is 0 Å². The highest BCUT2D eigenvalue weighted by atomic mass is 35.5. The highest BCUT2D eigenvalue weighted by Crippen LogP contribution is 2.39. The molecule has 1 aromatic carbocycles. The van der Waals surface area contributed by atoms with Gasteiger partial charge in [-0.3, -0.25) is 14.3 Å². The van der Waals surface area contributed by atoms with Crippen LogP contribution in [0.4, 0.5) is 13.2 Å². The number of aryl methyl sites for hydroxylation is 2. The van der Waals surface area contributed by atoms with Gasteiger partial charge in [0.1, 0.15) is 16.0 Å². The summed E-state index contributed by atoms with van der Waals surface area (Å²) in [6, 6.07) is 7.09. The monoisotopic (exact) mass is 573 g/mol. The topological polar surface area (TPSA) is 97.2 Å². The molecule has 4 aromatic rings. The van der Waals surface area contributed by atoms with Gasteiger partial charge in [-0.25, -0.2) is 9.78 Å². The molecular formula is C24H20Cl2F3N3O4S. The van der Waals surface area contributed by atoms with Crippen molar-refractivity contribution in [3.8, 4) is 16.3 Å². The minimum Gasteiger partial charge on any atom is -0.469 e. The molecule has 3 aromatic heterocycles. The molecule has 0 amide bonds. The number of nitrogens with one attached hydrogen (secondary N) is 1. The first kappa shape index (κ1) is 27.2. The predicted octanol–water partition coefficient (Wildman–Crippen LogP) is 5.80. The molecule has 7 nitrogen and oxygen atoms in total. The van der Waals surface area contributed by atoms with Crippen molar-refractivity contribution < 1.29 is 23.0 Å². The van der Waals surface area contributed by atoms with Crippen LogP contribution in [-0.4, -0.2) is 31.9 Å². The number of aromatic nitrogens is 3. The molecule has 2 atom stereocenters. The number of aliphatic hydroxyl groups is 1. The molecule has 0 spiro atoms. The second kappa shape index (κ2) is 10.1. The summed E-state index contributed by atoms with van der Waals surface area (Å²) in [7, 11) is 0. The number of rotatable bonds is 6. The number of ether oxygens (including phenoxy) is 1. The lowest BCUT2D eigenvalue weighted by molar-refractivity contribution is -0.207. The largest absolute Gasteiger partial charge is 0.469 e. The molecule has 0 aliphatic heterocycles. The average molecular weight is 574 g/mol. The molecular weight excluding hydrogens is 554 g/mol. The SMILES string of the molecule is Cc1ccc(C(C)Oc2ncc(-c3sc4c(c3C)c(=O)[nH]c(=O)n4C[C@@H](O)C(F)(F)F)cc2Cl)cc1Cl. The first-order valence-electron chi connectivity index (χ1n) is 10.9. The summed E-state index contributed by atoms with van der Waals surface area (Å²) in [5.74, 6) is 0.149. The molecule has 3 heterocycles. The van der Waals surface area contributed by atoms with E-state index in [1.807, 2.05) is 31.0 Å². The number of halogens is 5. The summed E-state index contributed by atoms with van der Waals surface area (Å²) in [6.45, 7) is 4.22. The van der Waals surface area contributed by atoms with Gasteiger partial charge in [-0.15, -0.1) is 11.3 Å². The number of hydrogen-bond donors (Lipinski definition) is 2. The van der Waals surface area contributed by atoms with Crippen molar-refractivity contribution in [2.45, 2.75) is 45.7 Å². The van der Waals surface area contributed by atoms with Crippen LogP contribution in [0.2, 0.25) is 10.0 Å². The zero-order valence-corrected chi connectivity index (χ0v) is 21.9. The number of H-pyrrole nitrogens is 1. The molecule has 13 heteroatoms. The number of alkyl halides is 3. The van der Waals surface area contributed by atoms with Gasteiger partial charge in [-0.2, -0.15) is 13.2 Å². The Kier molecular flexibility index (Phi) is 7.44. The lowest BCUT2D eigenvalue weighted by Gasteiger charge is -2.16. The maximum absolute atomic E-state index is 12.9. The number of thiophene rings is 1. The number of hydrogen-bond acceptors (Lipinski definition) is 6. The van der Waals surface area contributed by atoms with Crippen LogP contribution in [0, 0.1) is 13.8 Å². The van der Waals surface area contributed by atoms with Gasteiger partial charge >= 0.3 is 11.9 Å². The molecule has 37 heavy (non-hydrogen) atoms. The predicted molar refractivity (Wildman–Crippen MR) is 137 cm³/mol. The molecule has 2 N–H and O–H groups in total. The molecule has 0 bridgehead atoms. The van der Waals surface area contributed by atoms with E-state index in [1.165, 1.54) is 6.20 Å². The first-order valence-corrected chi connectivity index (χ1v) is 12.4. The van der Waals surface area contributed by atoms with Crippen molar-refractivity contribution in [2.24, 2.45) is 0 Å². The Hall–Kier alpha value is -2.86. The van der Waals surface area contributed by atoms with Gasteiger partial charge < -0.3 is 9.84 Å². The van der Waals surface area contributed by atoms with E-state index in [0.29, 0.717) is 25.6 Å². The van der Waals surface area contributed by atoms with Crippen molar-refractivity contribution in [2.75, 3.05) is 0 Å². The first-order chi connectivity index (χ1) is 17.3. The number of pyridine rings is 1. The lowest BCUT2D eigenvalue weighted by atomic mass is 10.1. The minimum atomic E-state index is -4.94. The zero-order valence-electron chi connectivity index (χ0n) is 19.6. The molecule has 0 aliphatic carbocycles. The van der Waals surface area contributed by atoms with Crippen molar-refractivity contribution in [3.05, 3.63) is 78.0 Å². The van der Waals surface area contributed by atoms with E-state index < -0.39 is 36.2 Å². The van der Waals surface area contributed by atoms with Gasteiger partial charge in [0.25, 0.3) is 5.56 Å². The Bertz CT molecular complexity index is 1610. The molecule has 1 unspecified atom stereocenters. The van der Waals surface area contributed by atoms with Crippen molar-refractivity contribution in [1.82, 2.24) is 14.5 Å². The third-order valence-corrected chi connectivity index (χ3v) is 7.86. The highest BCUT2D eigenvalue weighted by Gasteiger charge is 2.39. The molecule has 0 aliphatic rings. The van der Waals surface area contributed by atoms with E-state index in [-0.39, 0.29) is 21.1 Å². The van der Waals surface area contributed by atoms with Gasteiger partial charge in [0.15, 0.2) is 6.10 Å². The number of fused-ring (bicyclic) bond motifs is 1. The van der Waals surface area contributed by atoms with Crippen LogP contribution < -0.4 is 16.0 Å². The van der Waals surface area contributed by atoms with Gasteiger partial charge in [-0.1, -0.05) is 35.3 Å². The fourth-order valence-corrected chi connectivity index (χ4v) is 5.42. The zero-order chi connectivity index (χ0) is 27.2. The lowest BCUT2D eigenvalue weighted by Crippen LogP contribution is -2.38. The van der Waals surface area contributed by atoms with Crippen LogP contribution in [0.1, 0.15) is 29.7 Å². The molecule has 0 saturated carbocycles. The molecule has 0 fully saturated rings. The Labute approximate surface area is 222 Å². The van der Waals surface area contributed by atoms with E-state index in [9.17, 15) is 27.9 Å². The summed E-state index contributed by atoms with van der Waals surface area (Å²) < 4.78 is 45.4. The summed E-state index contributed by atoms with van der Waals surface area (Å²) in [5, 5.41) is 10.3. The van der Waals surface area contributed by atoms with Gasteiger partial charge in [0, 0.05) is 21.7 Å². The number of aromatic amines is 1. The van der Waals surface area contributed by atoms with E-state index in [1.54, 1.807) is 19.1 Å². The maximum atomic E-state index is 12.9. The number of benzene rings is 1. The molecule has 0 saturated heterocycles. The van der Waals surface area contributed by atoms with Crippen LogP contribution in [0.15, 0.2) is 40.1 Å². The van der Waals surface area contributed by atoms with Crippen LogP contribution in [0.3, 0.4) is 0 Å². The normalized spacial score (nSPS) is 13.6. The molecule has 0 radical (unpaired) electrons. The highest BCUT2D eigenvalue weighted by molar-refractivity contribution is 7.22. The number of aliphatic hydroxyl groups excluding tert-OH is 1. The third kappa shape index (κ3) is 5.40. The van der Waals surface area contributed by atoms with E-state index >= 15 is 0 Å². The summed E-state index contributed by atoms with van der Waals surface area (Å²) in [5.41, 5.74) is 0.828. The van der Waals surface area contributed by atoms with Gasteiger partial charge in [0.2, 0.25) is 5.88 Å². The van der Waals surface area contributed by atoms with E-state index in [2.05, 4.69) is 4.98 Å². The fourth-order valence-electron chi connectivity index (χ4n) is 3.73. The van der Waals surface area contributed by atoms with Crippen molar-refractivity contribution in [1.29, 1.82) is 0 Å². The Morgan fingerprint density at radius 3 is 2.51 bits per heavy atom. The maximum Gasteiger partial charge on any atom is 0.416 e. The van der Waals surface area contributed by atoms with Gasteiger partial charge in [0.05, 0.1) is 11.9 Å². The Balaban J connectivity index is 1.71. The summed E-state index contributed by atoms with van der Waals surface area (Å²) >= 11 is 13.6. The second-order valence-electron chi connectivity index (χ2n) is 8.44. The van der Waals surface area contributed by atoms with E-state index in [4.69, 9.17) is 27.9 Å². The third-order valence-electron chi connectivity index (χ3n) is 5.82. The number of nitrogens with zero attached hydrogens (tertiary/aromatic N) is 2. The van der Waals surface area contributed by atoms with Crippen LogP contribution in [0.25, 0.3) is 20.7 Å². The summed E-state index contributed by atoms with van der Waals surface area (Å²) in [4.78, 5) is 31.6. The van der Waals surface area contributed by atoms with E-state index in [0.717, 1.165) is 22.5 Å². The van der Waals surface area contributed by atoms with Crippen LogP contribution >= 0.6 is 34.5 Å². The minimum absolute atomic E-state index is 0.00845. The summed E-state index contributed by atoms with van der Waals surface area (Å²) in [6.07, 6.45) is -6.70. The van der Waals surface area contributed by atoms with Crippen LogP contribution in [0.5, 0.6) is 5.88 Å². The quantitative estimate of drug-likeness (QED) is 0.304. The second-order valence-corrected chi connectivity index (χ2v) is 10.3. The van der Waals surface area contributed by atoms with Crippen LogP contribution in [-0.2, 0) is 6.54 Å². The molecule has 196 valence electrons. The molecule has 4 rings (SSSR count). The smallest absolute Gasteiger partial charge is 0.416 e. The fraction of sp³-hybridized carbons (Fsp3) is 0.292. The van der Waals surface area contributed by atoms with Gasteiger partial charge in [-0.05, 0) is 49.6 Å². The van der Waals surface area contributed by atoms with Crippen molar-refractivity contribution >= 4 is 44.8 Å². The average Bonchev–Trinajstić information content (AvgIpc) is 3.16. The standard InChI is InChI=1S/C24H20Cl2F3N3O4S/c1-10-4-5-13(6-15(10)25)12(3)36-21-16(26)7-14(8-30-21)19-11(2)18-20(34)31-23(35)32(22(18)37-19)9-17(33)24(27,28)29/h4-8,12,17,33H,9H2,1-3H3,(H,31,34,35)/t12?,17-/m1/s1.